The fourth-order valence-electron chi connectivity index (χ4n) is 3.02. The summed E-state index contributed by atoms with van der Waals surface area (Å²) in [7, 11) is 0. The number of hydrogen-bond donors (Lipinski definition) is 1. The number of hydrogen-bond acceptors (Lipinski definition) is 4. The van der Waals surface area contributed by atoms with E-state index in [1.54, 1.807) is 13.8 Å². The lowest BCUT2D eigenvalue weighted by molar-refractivity contribution is -0.122. The van der Waals surface area contributed by atoms with Crippen molar-refractivity contribution in [3.63, 3.8) is 0 Å². The molecule has 0 radical (unpaired) electrons. The lowest BCUT2D eigenvalue weighted by Crippen LogP contribution is -2.34. The number of ether oxygens (including phenoxy) is 1. The first-order valence-electron chi connectivity index (χ1n) is 7.97. The van der Waals surface area contributed by atoms with E-state index in [2.05, 4.69) is 15.4 Å². The molecule has 0 bridgehead atoms. The van der Waals surface area contributed by atoms with Crippen molar-refractivity contribution in [2.45, 2.75) is 45.8 Å². The van der Waals surface area contributed by atoms with Gasteiger partial charge in [0.1, 0.15) is 6.54 Å². The maximum Gasteiger partial charge on any atom is 0.264 e. The first-order chi connectivity index (χ1) is 11.5. The second-order valence-electron chi connectivity index (χ2n) is 6.03. The minimum Gasteiger partial charge on any atom is -0.376 e. The Morgan fingerprint density at radius 1 is 1.50 bits per heavy atom. The lowest BCUT2D eigenvalue weighted by atomic mass is 10.1. The monoisotopic (exact) mass is 338 g/mol. The Balaban J connectivity index is 1.80. The van der Waals surface area contributed by atoms with Crippen molar-refractivity contribution in [1.82, 2.24) is 20.1 Å². The molecule has 24 heavy (non-hydrogen) atoms. The quantitative estimate of drug-likeness (QED) is 0.908. The van der Waals surface area contributed by atoms with Gasteiger partial charge in [-0.15, -0.1) is 0 Å². The summed E-state index contributed by atoms with van der Waals surface area (Å²) in [4.78, 5) is 16.4. The van der Waals surface area contributed by atoms with E-state index in [1.165, 1.54) is 10.7 Å². The van der Waals surface area contributed by atoms with Gasteiger partial charge in [-0.3, -0.25) is 4.79 Å². The SMILES string of the molecule is Cc1cc(C(F)F)c2c(C)nn(CC(=O)NCC3CCCO3)c2n1. The van der Waals surface area contributed by atoms with Gasteiger partial charge in [0.25, 0.3) is 6.43 Å². The summed E-state index contributed by atoms with van der Waals surface area (Å²) < 4.78 is 33.4. The number of fused-ring (bicyclic) bond motifs is 1. The average molecular weight is 338 g/mol. The average Bonchev–Trinajstić information content (AvgIpc) is 3.13. The summed E-state index contributed by atoms with van der Waals surface area (Å²) in [5.74, 6) is -0.239. The molecule has 1 N–H and O–H groups in total. The zero-order chi connectivity index (χ0) is 17.3. The number of nitrogens with zero attached hydrogens (tertiary/aromatic N) is 3. The Labute approximate surface area is 138 Å². The van der Waals surface area contributed by atoms with Crippen molar-refractivity contribution >= 4 is 16.9 Å². The van der Waals surface area contributed by atoms with Gasteiger partial charge in [-0.1, -0.05) is 0 Å². The summed E-state index contributed by atoms with van der Waals surface area (Å²) in [5, 5.41) is 7.34. The minimum atomic E-state index is -2.61. The minimum absolute atomic E-state index is 0.0517. The van der Waals surface area contributed by atoms with Crippen LogP contribution in [-0.4, -0.2) is 39.9 Å². The first kappa shape index (κ1) is 16.8. The van der Waals surface area contributed by atoms with Crippen LogP contribution >= 0.6 is 0 Å². The van der Waals surface area contributed by atoms with Crippen LogP contribution in [0.2, 0.25) is 0 Å². The van der Waals surface area contributed by atoms with Gasteiger partial charge in [-0.25, -0.2) is 18.4 Å². The number of nitrogens with one attached hydrogen (secondary N) is 1. The van der Waals surface area contributed by atoms with Crippen molar-refractivity contribution < 1.29 is 18.3 Å². The summed E-state index contributed by atoms with van der Waals surface area (Å²) in [5.41, 5.74) is 1.13. The Bertz CT molecular complexity index is 754. The van der Waals surface area contributed by atoms with E-state index >= 15 is 0 Å². The third-order valence-electron chi connectivity index (χ3n) is 4.12. The predicted octanol–water partition coefficient (Wildman–Crippen LogP) is 2.28. The molecule has 0 spiro atoms. The van der Waals surface area contributed by atoms with Crippen LogP contribution < -0.4 is 5.32 Å². The van der Waals surface area contributed by atoms with Gasteiger partial charge < -0.3 is 10.1 Å². The van der Waals surface area contributed by atoms with E-state index in [4.69, 9.17) is 4.74 Å². The number of carbonyl (C=O) groups is 1. The molecule has 3 rings (SSSR count). The fourth-order valence-corrected chi connectivity index (χ4v) is 3.02. The second kappa shape index (κ2) is 6.80. The Morgan fingerprint density at radius 2 is 2.29 bits per heavy atom. The number of pyridine rings is 1. The highest BCUT2D eigenvalue weighted by Crippen LogP contribution is 2.29. The summed E-state index contributed by atoms with van der Waals surface area (Å²) >= 11 is 0. The summed E-state index contributed by atoms with van der Waals surface area (Å²) in [6.45, 7) is 4.41. The highest BCUT2D eigenvalue weighted by Gasteiger charge is 2.21. The third kappa shape index (κ3) is 3.38. The first-order valence-corrected chi connectivity index (χ1v) is 7.97. The van der Waals surface area contributed by atoms with Gasteiger partial charge >= 0.3 is 0 Å². The van der Waals surface area contributed by atoms with Crippen LogP contribution in [0.3, 0.4) is 0 Å². The van der Waals surface area contributed by atoms with Gasteiger partial charge in [0.2, 0.25) is 5.91 Å². The Kier molecular flexibility index (Phi) is 4.75. The van der Waals surface area contributed by atoms with Gasteiger partial charge in [-0.2, -0.15) is 5.10 Å². The van der Waals surface area contributed by atoms with Crippen molar-refractivity contribution in [3.8, 4) is 0 Å². The molecule has 0 aromatic carbocycles. The highest BCUT2D eigenvalue weighted by atomic mass is 19.3. The fraction of sp³-hybridized carbons (Fsp3) is 0.562. The largest absolute Gasteiger partial charge is 0.376 e. The van der Waals surface area contributed by atoms with Gasteiger partial charge in [0, 0.05) is 24.4 Å². The van der Waals surface area contributed by atoms with Crippen LogP contribution in [0.4, 0.5) is 8.78 Å². The predicted molar refractivity (Wildman–Crippen MR) is 83.9 cm³/mol. The molecule has 1 aliphatic rings. The van der Waals surface area contributed by atoms with Crippen LogP contribution in [0, 0.1) is 13.8 Å². The molecule has 3 heterocycles. The van der Waals surface area contributed by atoms with Crippen LogP contribution in [0.25, 0.3) is 11.0 Å². The topological polar surface area (TPSA) is 69.0 Å². The number of aryl methyl sites for hydroxylation is 2. The van der Waals surface area contributed by atoms with E-state index in [0.717, 1.165) is 19.4 Å². The molecule has 1 aliphatic heterocycles. The normalized spacial score (nSPS) is 17.8. The molecular weight excluding hydrogens is 318 g/mol. The third-order valence-corrected chi connectivity index (χ3v) is 4.12. The van der Waals surface area contributed by atoms with Gasteiger partial charge in [0.05, 0.1) is 17.2 Å². The number of halogens is 2. The van der Waals surface area contributed by atoms with Crippen LogP contribution in [0.1, 0.15) is 36.2 Å². The molecular formula is C16H20F2N4O2. The van der Waals surface area contributed by atoms with Crippen molar-refractivity contribution in [2.24, 2.45) is 0 Å². The Hall–Kier alpha value is -2.09. The second-order valence-corrected chi connectivity index (χ2v) is 6.03. The van der Waals surface area contributed by atoms with Crippen LogP contribution in [0.15, 0.2) is 6.07 Å². The van der Waals surface area contributed by atoms with Crippen molar-refractivity contribution in [1.29, 1.82) is 0 Å². The maximum absolute atomic E-state index is 13.3. The molecule has 1 atom stereocenters. The number of rotatable bonds is 5. The van der Waals surface area contributed by atoms with Crippen LogP contribution in [-0.2, 0) is 16.1 Å². The molecule has 2 aromatic heterocycles. The van der Waals surface area contributed by atoms with Gasteiger partial charge in [0.15, 0.2) is 5.65 Å². The molecule has 1 amide bonds. The molecule has 2 aromatic rings. The molecule has 0 aliphatic carbocycles. The molecule has 0 saturated carbocycles. The van der Waals surface area contributed by atoms with E-state index in [-0.39, 0.29) is 24.1 Å². The van der Waals surface area contributed by atoms with E-state index in [1.807, 2.05) is 0 Å². The number of carbonyl (C=O) groups excluding carboxylic acids is 1. The van der Waals surface area contributed by atoms with Crippen molar-refractivity contribution in [3.05, 3.63) is 23.0 Å². The molecule has 1 saturated heterocycles. The van der Waals surface area contributed by atoms with E-state index in [0.29, 0.717) is 29.0 Å². The smallest absolute Gasteiger partial charge is 0.264 e. The Morgan fingerprint density at radius 3 is 2.96 bits per heavy atom. The molecule has 6 nitrogen and oxygen atoms in total. The van der Waals surface area contributed by atoms with Crippen molar-refractivity contribution in [2.75, 3.05) is 13.2 Å². The summed E-state index contributed by atoms with van der Waals surface area (Å²) in [6.07, 6.45) is -0.624. The van der Waals surface area contributed by atoms with E-state index in [9.17, 15) is 13.6 Å². The molecule has 1 unspecified atom stereocenters. The molecule has 8 heteroatoms. The summed E-state index contributed by atoms with van der Waals surface area (Å²) in [6, 6.07) is 1.36. The van der Waals surface area contributed by atoms with Gasteiger partial charge in [-0.05, 0) is 32.8 Å². The molecule has 130 valence electrons. The highest BCUT2D eigenvalue weighted by molar-refractivity contribution is 5.84. The zero-order valence-corrected chi connectivity index (χ0v) is 13.7. The maximum atomic E-state index is 13.3. The molecule has 1 fully saturated rings. The number of amides is 1. The van der Waals surface area contributed by atoms with Crippen LogP contribution in [0.5, 0.6) is 0 Å². The lowest BCUT2D eigenvalue weighted by Gasteiger charge is -2.11. The van der Waals surface area contributed by atoms with E-state index < -0.39 is 6.43 Å². The number of alkyl halides is 2. The number of aromatic nitrogens is 3. The zero-order valence-electron chi connectivity index (χ0n) is 13.7. The standard InChI is InChI=1S/C16H20F2N4O2/c1-9-6-12(15(17)18)14-10(2)21-22(16(14)20-9)8-13(23)19-7-11-4-3-5-24-11/h6,11,15H,3-5,7-8H2,1-2H3,(H,19,23).